The Bertz CT molecular complexity index is 1410. The van der Waals surface area contributed by atoms with E-state index < -0.39 is 23.7 Å². The van der Waals surface area contributed by atoms with Crippen molar-refractivity contribution in [1.29, 1.82) is 0 Å². The zero-order chi connectivity index (χ0) is 28.8. The number of aliphatic hydroxyl groups excluding tert-OH is 1. The summed E-state index contributed by atoms with van der Waals surface area (Å²) in [6.45, 7) is 8.99. The first-order valence-corrected chi connectivity index (χ1v) is 13.5. The number of aryl methyl sites for hydroxylation is 1. The molecule has 0 aliphatic carbocycles. The Morgan fingerprint density at radius 3 is 2.27 bits per heavy atom. The lowest BCUT2D eigenvalue weighted by Gasteiger charge is -2.26. The number of carbonyl (C=O) groups excluding carboxylic acids is 3. The molecule has 7 nitrogen and oxygen atoms in total. The highest BCUT2D eigenvalue weighted by Crippen LogP contribution is 2.40. The number of Topliss-reactive ketones (excluding diaryl/α,β-unsaturated/α-hetero) is 1. The summed E-state index contributed by atoms with van der Waals surface area (Å²) in [6.07, 6.45) is 0.730. The lowest BCUT2D eigenvalue weighted by molar-refractivity contribution is -0.140. The number of aliphatic hydroxyl groups is 1. The molecule has 0 saturated carbocycles. The third-order valence-corrected chi connectivity index (χ3v) is 6.59. The molecule has 7 heteroatoms. The van der Waals surface area contributed by atoms with E-state index in [0.29, 0.717) is 36.0 Å². The summed E-state index contributed by atoms with van der Waals surface area (Å²) in [5, 5.41) is 11.4. The fourth-order valence-corrected chi connectivity index (χ4v) is 4.58. The van der Waals surface area contributed by atoms with Gasteiger partial charge in [0.2, 0.25) is 0 Å². The van der Waals surface area contributed by atoms with Crippen LogP contribution >= 0.6 is 0 Å². The second-order valence-electron chi connectivity index (χ2n) is 10.4. The molecule has 1 aliphatic heterocycles. The maximum absolute atomic E-state index is 13.4. The number of ketones is 1. The molecule has 1 N–H and O–H groups in total. The molecule has 1 fully saturated rings. The van der Waals surface area contributed by atoms with Gasteiger partial charge in [0.1, 0.15) is 11.5 Å². The quantitative estimate of drug-likeness (QED) is 0.142. The van der Waals surface area contributed by atoms with Crippen LogP contribution in [-0.4, -0.2) is 40.9 Å². The molecule has 3 aromatic carbocycles. The molecule has 4 rings (SSSR count). The van der Waals surface area contributed by atoms with Crippen LogP contribution < -0.4 is 4.74 Å². The van der Waals surface area contributed by atoms with Crippen molar-refractivity contribution >= 4 is 23.4 Å². The number of carbonyl (C=O) groups is 3. The summed E-state index contributed by atoms with van der Waals surface area (Å²) in [5.41, 5.74) is 3.28. The van der Waals surface area contributed by atoms with Crippen LogP contribution in [0.4, 0.5) is 0 Å². The topological polar surface area (TPSA) is 93.1 Å². The van der Waals surface area contributed by atoms with E-state index in [-0.39, 0.29) is 17.9 Å². The van der Waals surface area contributed by atoms with Crippen LogP contribution in [0.1, 0.15) is 65.8 Å². The summed E-state index contributed by atoms with van der Waals surface area (Å²) < 4.78 is 10.9. The highest BCUT2D eigenvalue weighted by Gasteiger charge is 2.46. The van der Waals surface area contributed by atoms with Crippen molar-refractivity contribution in [3.05, 3.63) is 106 Å². The number of benzene rings is 3. The predicted molar refractivity (Wildman–Crippen MR) is 153 cm³/mol. The second kappa shape index (κ2) is 12.6. The van der Waals surface area contributed by atoms with Crippen molar-refractivity contribution in [3.8, 4) is 5.75 Å². The molecule has 1 atom stereocenters. The molecule has 1 aliphatic rings. The van der Waals surface area contributed by atoms with Gasteiger partial charge < -0.3 is 19.5 Å². The van der Waals surface area contributed by atoms with E-state index in [1.165, 1.54) is 4.90 Å². The van der Waals surface area contributed by atoms with E-state index in [1.54, 1.807) is 48.5 Å². The van der Waals surface area contributed by atoms with Crippen molar-refractivity contribution in [2.24, 2.45) is 5.92 Å². The minimum absolute atomic E-state index is 0.0335. The van der Waals surface area contributed by atoms with Gasteiger partial charge in [-0.25, -0.2) is 4.79 Å². The van der Waals surface area contributed by atoms with Gasteiger partial charge in [-0.05, 0) is 66.8 Å². The van der Waals surface area contributed by atoms with Gasteiger partial charge in [0.25, 0.3) is 11.7 Å². The Labute approximate surface area is 235 Å². The van der Waals surface area contributed by atoms with Gasteiger partial charge in [-0.3, -0.25) is 9.59 Å². The van der Waals surface area contributed by atoms with E-state index in [0.717, 1.165) is 23.1 Å². The number of likely N-dealkylation sites (tertiary alicyclic amines) is 1. The van der Waals surface area contributed by atoms with Crippen molar-refractivity contribution in [1.82, 2.24) is 4.90 Å². The molecule has 1 saturated heterocycles. The third-order valence-electron chi connectivity index (χ3n) is 6.59. The normalized spacial score (nSPS) is 16.4. The SMILES string of the molecule is CCCOC(=O)c1ccc(CN2C(=O)C(=O)/C(=C(/O)c3ccc(OCC(C)C)cc3)C2c2cccc(C)c2)cc1. The standard InChI is InChI=1S/C33H35NO6/c1-5-17-39-33(38)25-11-9-23(10-12-25)19-34-29(26-8-6-7-22(4)18-26)28(31(36)32(34)37)30(35)24-13-15-27(16-14-24)40-20-21(2)3/h6-16,18,21,29,35H,5,17,19-20H2,1-4H3/b30-28+. The Morgan fingerprint density at radius 2 is 1.65 bits per heavy atom. The smallest absolute Gasteiger partial charge is 0.338 e. The molecule has 0 aromatic heterocycles. The minimum atomic E-state index is -0.786. The Hall–Kier alpha value is -4.39. The summed E-state index contributed by atoms with van der Waals surface area (Å²) in [4.78, 5) is 40.4. The van der Waals surface area contributed by atoms with Gasteiger partial charge in [-0.1, -0.05) is 62.7 Å². The number of rotatable bonds is 10. The zero-order valence-corrected chi connectivity index (χ0v) is 23.3. The highest BCUT2D eigenvalue weighted by atomic mass is 16.5. The number of esters is 1. The van der Waals surface area contributed by atoms with Gasteiger partial charge in [0.05, 0.1) is 30.4 Å². The first-order chi connectivity index (χ1) is 19.2. The number of hydrogen-bond donors (Lipinski definition) is 1. The summed E-state index contributed by atoms with van der Waals surface area (Å²) in [6, 6.07) is 20.4. The lowest BCUT2D eigenvalue weighted by Crippen LogP contribution is -2.29. The van der Waals surface area contributed by atoms with Gasteiger partial charge in [-0.15, -0.1) is 0 Å². The molecule has 1 unspecified atom stereocenters. The molecule has 1 heterocycles. The monoisotopic (exact) mass is 541 g/mol. The van der Waals surface area contributed by atoms with Gasteiger partial charge in [-0.2, -0.15) is 0 Å². The Balaban J connectivity index is 1.69. The first kappa shape index (κ1) is 28.6. The lowest BCUT2D eigenvalue weighted by atomic mass is 9.94. The summed E-state index contributed by atoms with van der Waals surface area (Å²) >= 11 is 0. The molecule has 208 valence electrons. The summed E-state index contributed by atoms with van der Waals surface area (Å²) in [7, 11) is 0. The van der Waals surface area contributed by atoms with Crippen LogP contribution in [0.25, 0.3) is 5.76 Å². The first-order valence-electron chi connectivity index (χ1n) is 13.5. The van der Waals surface area contributed by atoms with Crippen LogP contribution in [0, 0.1) is 12.8 Å². The zero-order valence-electron chi connectivity index (χ0n) is 23.3. The van der Waals surface area contributed by atoms with E-state index in [4.69, 9.17) is 9.47 Å². The molecule has 0 spiro atoms. The minimum Gasteiger partial charge on any atom is -0.507 e. The maximum atomic E-state index is 13.4. The Kier molecular flexibility index (Phi) is 9.04. The Morgan fingerprint density at radius 1 is 0.975 bits per heavy atom. The van der Waals surface area contributed by atoms with Crippen molar-refractivity contribution < 1.29 is 29.0 Å². The third kappa shape index (κ3) is 6.42. The fourth-order valence-electron chi connectivity index (χ4n) is 4.58. The van der Waals surface area contributed by atoms with Crippen molar-refractivity contribution in [3.63, 3.8) is 0 Å². The van der Waals surface area contributed by atoms with Gasteiger partial charge in [0, 0.05) is 12.1 Å². The molecule has 0 radical (unpaired) electrons. The van der Waals surface area contributed by atoms with E-state index in [9.17, 15) is 19.5 Å². The molecule has 0 bridgehead atoms. The van der Waals surface area contributed by atoms with Crippen molar-refractivity contribution in [2.75, 3.05) is 13.2 Å². The van der Waals surface area contributed by atoms with E-state index in [2.05, 4.69) is 13.8 Å². The average Bonchev–Trinajstić information content (AvgIpc) is 3.20. The number of amides is 1. The second-order valence-corrected chi connectivity index (χ2v) is 10.4. The summed E-state index contributed by atoms with van der Waals surface area (Å²) in [5.74, 6) is -1.07. The van der Waals surface area contributed by atoms with Crippen molar-refractivity contribution in [2.45, 2.75) is 46.7 Å². The average molecular weight is 542 g/mol. The highest BCUT2D eigenvalue weighted by molar-refractivity contribution is 6.46. The van der Waals surface area contributed by atoms with E-state index in [1.807, 2.05) is 38.1 Å². The number of nitrogens with zero attached hydrogens (tertiary/aromatic N) is 1. The van der Waals surface area contributed by atoms with Gasteiger partial charge in [0.15, 0.2) is 0 Å². The molecule has 40 heavy (non-hydrogen) atoms. The van der Waals surface area contributed by atoms with Gasteiger partial charge >= 0.3 is 5.97 Å². The van der Waals surface area contributed by atoms with Crippen LogP contribution in [0.15, 0.2) is 78.4 Å². The number of ether oxygens (including phenoxy) is 2. The molecule has 3 aromatic rings. The molecular formula is C33H35NO6. The van der Waals surface area contributed by atoms with Crippen LogP contribution in [-0.2, 0) is 20.9 Å². The van der Waals surface area contributed by atoms with Crippen LogP contribution in [0.5, 0.6) is 5.75 Å². The molecule has 1 amide bonds. The van der Waals surface area contributed by atoms with E-state index >= 15 is 0 Å². The predicted octanol–water partition coefficient (Wildman–Crippen LogP) is 6.22. The largest absolute Gasteiger partial charge is 0.507 e. The van der Waals surface area contributed by atoms with Crippen LogP contribution in [0.3, 0.4) is 0 Å². The van der Waals surface area contributed by atoms with Crippen LogP contribution in [0.2, 0.25) is 0 Å². The molecular weight excluding hydrogens is 506 g/mol. The maximum Gasteiger partial charge on any atom is 0.338 e. The fraction of sp³-hybridized carbons (Fsp3) is 0.303. The number of hydrogen-bond acceptors (Lipinski definition) is 6.